The van der Waals surface area contributed by atoms with Crippen LogP contribution in [-0.2, 0) is 0 Å². The van der Waals surface area contributed by atoms with E-state index in [-0.39, 0.29) is 12.1 Å². The van der Waals surface area contributed by atoms with Gasteiger partial charge >= 0.3 is 0 Å². The van der Waals surface area contributed by atoms with E-state index in [0.717, 1.165) is 24.5 Å². The first-order valence-corrected chi connectivity index (χ1v) is 5.90. The predicted molar refractivity (Wildman–Crippen MR) is 63.9 cm³/mol. The van der Waals surface area contributed by atoms with Crippen molar-refractivity contribution in [2.75, 3.05) is 6.54 Å². The zero-order valence-corrected chi connectivity index (χ0v) is 10.2. The number of rotatable bonds is 2. The number of hydrogen-bond acceptors (Lipinski definition) is 4. The van der Waals surface area contributed by atoms with Crippen molar-refractivity contribution in [1.82, 2.24) is 14.9 Å². The smallest absolute Gasteiger partial charge is 0.125 e. The Balaban J connectivity index is 2.30. The Morgan fingerprint density at radius 2 is 2.25 bits per heavy atom. The van der Waals surface area contributed by atoms with Gasteiger partial charge < -0.3 is 5.73 Å². The van der Waals surface area contributed by atoms with Gasteiger partial charge in [0.1, 0.15) is 5.82 Å². The van der Waals surface area contributed by atoms with Crippen LogP contribution in [0.15, 0.2) is 12.3 Å². The molecule has 1 aliphatic heterocycles. The van der Waals surface area contributed by atoms with Gasteiger partial charge in [0.2, 0.25) is 0 Å². The molecule has 1 fully saturated rings. The summed E-state index contributed by atoms with van der Waals surface area (Å²) in [6, 6.07) is 2.94. The van der Waals surface area contributed by atoms with E-state index < -0.39 is 0 Å². The average molecular weight is 220 g/mol. The molecule has 1 aliphatic rings. The molecule has 0 aromatic carbocycles. The standard InChI is InChI=1S/C12H20N4/c1-8(2)16-7-5-10(13)12(16)11-4-6-14-9(3)15-11/h4,6,8,10,12H,5,7,13H2,1-3H3. The van der Waals surface area contributed by atoms with Crippen molar-refractivity contribution in [2.45, 2.75) is 45.3 Å². The van der Waals surface area contributed by atoms with Crippen LogP contribution in [0.1, 0.15) is 37.8 Å². The van der Waals surface area contributed by atoms with Gasteiger partial charge in [-0.2, -0.15) is 0 Å². The van der Waals surface area contributed by atoms with Gasteiger partial charge in [-0.15, -0.1) is 0 Å². The monoisotopic (exact) mass is 220 g/mol. The molecule has 0 amide bonds. The molecule has 2 heterocycles. The van der Waals surface area contributed by atoms with Crippen LogP contribution in [0.5, 0.6) is 0 Å². The summed E-state index contributed by atoms with van der Waals surface area (Å²) in [7, 11) is 0. The van der Waals surface area contributed by atoms with Crippen molar-refractivity contribution in [3.8, 4) is 0 Å². The molecule has 0 radical (unpaired) electrons. The molecule has 0 saturated carbocycles. The Morgan fingerprint density at radius 3 is 2.88 bits per heavy atom. The quantitative estimate of drug-likeness (QED) is 0.815. The second-order valence-electron chi connectivity index (χ2n) is 4.76. The van der Waals surface area contributed by atoms with Crippen LogP contribution >= 0.6 is 0 Å². The summed E-state index contributed by atoms with van der Waals surface area (Å²) in [6.07, 6.45) is 2.87. The van der Waals surface area contributed by atoms with E-state index in [4.69, 9.17) is 5.73 Å². The summed E-state index contributed by atoms with van der Waals surface area (Å²) < 4.78 is 0. The highest BCUT2D eigenvalue weighted by Gasteiger charge is 2.35. The number of likely N-dealkylation sites (tertiary alicyclic amines) is 1. The second kappa shape index (κ2) is 4.47. The van der Waals surface area contributed by atoms with E-state index in [9.17, 15) is 0 Å². The third kappa shape index (κ3) is 2.08. The van der Waals surface area contributed by atoms with E-state index >= 15 is 0 Å². The highest BCUT2D eigenvalue weighted by molar-refractivity contribution is 5.13. The summed E-state index contributed by atoms with van der Waals surface area (Å²) in [5.74, 6) is 0.820. The molecule has 4 heteroatoms. The van der Waals surface area contributed by atoms with Gasteiger partial charge in [0, 0.05) is 24.8 Å². The van der Waals surface area contributed by atoms with Crippen LogP contribution in [0.4, 0.5) is 0 Å². The third-order valence-electron chi connectivity index (χ3n) is 3.25. The molecule has 1 aromatic heterocycles. The second-order valence-corrected chi connectivity index (χ2v) is 4.76. The number of nitrogens with zero attached hydrogens (tertiary/aromatic N) is 3. The first kappa shape index (κ1) is 11.5. The van der Waals surface area contributed by atoms with Crippen LogP contribution in [0.25, 0.3) is 0 Å². The number of hydrogen-bond donors (Lipinski definition) is 1. The Bertz CT molecular complexity index is 364. The van der Waals surface area contributed by atoms with Crippen LogP contribution in [0.2, 0.25) is 0 Å². The van der Waals surface area contributed by atoms with Crippen LogP contribution < -0.4 is 5.73 Å². The Kier molecular flexibility index (Phi) is 3.21. The molecular weight excluding hydrogens is 200 g/mol. The average Bonchev–Trinajstić information content (AvgIpc) is 2.60. The van der Waals surface area contributed by atoms with Gasteiger partial charge in [0.25, 0.3) is 0 Å². The number of aryl methyl sites for hydroxylation is 1. The molecule has 0 bridgehead atoms. The first-order chi connectivity index (χ1) is 7.59. The lowest BCUT2D eigenvalue weighted by atomic mass is 10.1. The Hall–Kier alpha value is -1.00. The molecule has 16 heavy (non-hydrogen) atoms. The van der Waals surface area contributed by atoms with E-state index in [2.05, 4.69) is 28.7 Å². The molecule has 2 unspecified atom stereocenters. The molecule has 2 rings (SSSR count). The summed E-state index contributed by atoms with van der Waals surface area (Å²) in [6.45, 7) is 7.40. The highest BCUT2D eigenvalue weighted by Crippen LogP contribution is 2.31. The highest BCUT2D eigenvalue weighted by atomic mass is 15.2. The fourth-order valence-electron chi connectivity index (χ4n) is 2.45. The van der Waals surface area contributed by atoms with Gasteiger partial charge in [0.15, 0.2) is 0 Å². The fraction of sp³-hybridized carbons (Fsp3) is 0.667. The fourth-order valence-corrected chi connectivity index (χ4v) is 2.45. The van der Waals surface area contributed by atoms with Gasteiger partial charge in [-0.05, 0) is 33.3 Å². The van der Waals surface area contributed by atoms with Crippen molar-refractivity contribution in [3.63, 3.8) is 0 Å². The van der Waals surface area contributed by atoms with Gasteiger partial charge in [-0.3, -0.25) is 4.90 Å². The van der Waals surface area contributed by atoms with Crippen molar-refractivity contribution in [1.29, 1.82) is 0 Å². The largest absolute Gasteiger partial charge is 0.326 e. The molecule has 0 aliphatic carbocycles. The molecule has 1 aromatic rings. The third-order valence-corrected chi connectivity index (χ3v) is 3.25. The topological polar surface area (TPSA) is 55.0 Å². The lowest BCUT2D eigenvalue weighted by Crippen LogP contribution is -2.36. The van der Waals surface area contributed by atoms with E-state index in [0.29, 0.717) is 6.04 Å². The molecule has 88 valence electrons. The molecule has 4 nitrogen and oxygen atoms in total. The molecular formula is C12H20N4. The van der Waals surface area contributed by atoms with E-state index in [1.54, 1.807) is 0 Å². The Morgan fingerprint density at radius 1 is 1.50 bits per heavy atom. The predicted octanol–water partition coefficient (Wildman–Crippen LogP) is 1.27. The summed E-state index contributed by atoms with van der Waals surface area (Å²) in [4.78, 5) is 11.1. The van der Waals surface area contributed by atoms with E-state index in [1.165, 1.54) is 0 Å². The summed E-state index contributed by atoms with van der Waals surface area (Å²) >= 11 is 0. The molecule has 2 atom stereocenters. The van der Waals surface area contributed by atoms with Crippen molar-refractivity contribution in [3.05, 3.63) is 23.8 Å². The minimum Gasteiger partial charge on any atom is -0.326 e. The zero-order valence-electron chi connectivity index (χ0n) is 10.2. The molecule has 0 spiro atoms. The van der Waals surface area contributed by atoms with Gasteiger partial charge in [0.05, 0.1) is 11.7 Å². The normalized spacial score (nSPS) is 26.6. The van der Waals surface area contributed by atoms with E-state index in [1.807, 2.05) is 19.2 Å². The van der Waals surface area contributed by atoms with Crippen LogP contribution in [0, 0.1) is 6.92 Å². The maximum atomic E-state index is 6.19. The summed E-state index contributed by atoms with van der Waals surface area (Å²) in [5, 5.41) is 0. The first-order valence-electron chi connectivity index (χ1n) is 5.90. The minimum atomic E-state index is 0.191. The zero-order chi connectivity index (χ0) is 11.7. The van der Waals surface area contributed by atoms with Gasteiger partial charge in [-0.1, -0.05) is 0 Å². The minimum absolute atomic E-state index is 0.191. The van der Waals surface area contributed by atoms with Crippen molar-refractivity contribution >= 4 is 0 Å². The van der Waals surface area contributed by atoms with Crippen LogP contribution in [0.3, 0.4) is 0 Å². The molecule has 2 N–H and O–H groups in total. The van der Waals surface area contributed by atoms with Crippen molar-refractivity contribution in [2.24, 2.45) is 5.73 Å². The Labute approximate surface area is 96.9 Å². The lowest BCUT2D eigenvalue weighted by molar-refractivity contribution is 0.194. The maximum absolute atomic E-state index is 6.19. The van der Waals surface area contributed by atoms with Gasteiger partial charge in [-0.25, -0.2) is 9.97 Å². The maximum Gasteiger partial charge on any atom is 0.125 e. The summed E-state index contributed by atoms with van der Waals surface area (Å²) in [5.41, 5.74) is 7.25. The van der Waals surface area contributed by atoms with Crippen molar-refractivity contribution < 1.29 is 0 Å². The number of aromatic nitrogens is 2. The molecule has 1 saturated heterocycles. The number of nitrogens with two attached hydrogens (primary N) is 1. The van der Waals surface area contributed by atoms with Crippen LogP contribution in [-0.4, -0.2) is 33.5 Å². The SMILES string of the molecule is Cc1nccc(C2C(N)CCN2C(C)C)n1. The lowest BCUT2D eigenvalue weighted by Gasteiger charge is -2.29.